The summed E-state index contributed by atoms with van der Waals surface area (Å²) in [7, 11) is 0. The molecule has 2 bridgehead atoms. The van der Waals surface area contributed by atoms with E-state index in [4.69, 9.17) is 0 Å². The van der Waals surface area contributed by atoms with Crippen molar-refractivity contribution in [1.82, 2.24) is 9.80 Å². The summed E-state index contributed by atoms with van der Waals surface area (Å²) in [6, 6.07) is 15.5. The van der Waals surface area contributed by atoms with E-state index in [1.54, 1.807) is 4.90 Å². The number of imide groups is 1. The number of rotatable bonds is 5. The van der Waals surface area contributed by atoms with Crippen molar-refractivity contribution in [2.24, 2.45) is 41.4 Å². The molecule has 0 spiro atoms. The minimum absolute atomic E-state index is 0.00569. The van der Waals surface area contributed by atoms with Gasteiger partial charge in [-0.2, -0.15) is 0 Å². The fraction of sp³-hybridized carbons (Fsp3) is 0.625. The van der Waals surface area contributed by atoms with Crippen LogP contribution in [0.1, 0.15) is 56.9 Å². The maximum Gasteiger partial charge on any atom is 0.233 e. The minimum Gasteiger partial charge on any atom is -0.393 e. The molecule has 5 fully saturated rings. The molecular weight excluding hydrogens is 460 g/mol. The summed E-state index contributed by atoms with van der Waals surface area (Å²) < 4.78 is 0. The summed E-state index contributed by atoms with van der Waals surface area (Å²) in [4.78, 5) is 31.1. The molecule has 37 heavy (non-hydrogen) atoms. The monoisotopic (exact) mass is 500 g/mol. The maximum absolute atomic E-state index is 13.4. The lowest BCUT2D eigenvalue weighted by molar-refractivity contribution is -0.141. The number of amides is 2. The number of aliphatic hydroxyl groups is 1. The van der Waals surface area contributed by atoms with Crippen LogP contribution < -0.4 is 0 Å². The molecule has 5 aliphatic rings. The van der Waals surface area contributed by atoms with Crippen LogP contribution in [0.3, 0.4) is 0 Å². The van der Waals surface area contributed by atoms with E-state index in [2.05, 4.69) is 54.3 Å². The van der Waals surface area contributed by atoms with Crippen LogP contribution in [0.15, 0.2) is 42.5 Å². The highest BCUT2D eigenvalue weighted by molar-refractivity contribution is 6.06. The second-order valence-corrected chi connectivity index (χ2v) is 12.8. The molecule has 196 valence electrons. The molecule has 2 aromatic rings. The van der Waals surface area contributed by atoms with Gasteiger partial charge in [-0.3, -0.25) is 14.5 Å². The van der Waals surface area contributed by atoms with Crippen LogP contribution in [0.5, 0.6) is 0 Å². The number of piperidine rings is 1. The second-order valence-electron chi connectivity index (χ2n) is 12.8. The molecule has 2 aromatic carbocycles. The van der Waals surface area contributed by atoms with Crippen LogP contribution >= 0.6 is 0 Å². The van der Waals surface area contributed by atoms with Crippen LogP contribution in [-0.4, -0.2) is 59.0 Å². The number of fused-ring (bicyclic) bond motifs is 6. The Morgan fingerprint density at radius 1 is 0.838 bits per heavy atom. The molecule has 2 aliphatic heterocycles. The highest BCUT2D eigenvalue weighted by atomic mass is 16.3. The molecule has 5 nitrogen and oxygen atoms in total. The van der Waals surface area contributed by atoms with Gasteiger partial charge in [0.1, 0.15) is 0 Å². The lowest BCUT2D eigenvalue weighted by Crippen LogP contribution is -2.41. The zero-order chi connectivity index (χ0) is 25.3. The van der Waals surface area contributed by atoms with Gasteiger partial charge in [0.05, 0.1) is 17.9 Å². The van der Waals surface area contributed by atoms with E-state index in [1.807, 2.05) is 0 Å². The number of hydrogen-bond acceptors (Lipinski definition) is 4. The Bertz CT molecular complexity index is 1170. The molecule has 2 saturated heterocycles. The summed E-state index contributed by atoms with van der Waals surface area (Å²) in [5, 5.41) is 13.3. The molecule has 2 heterocycles. The average Bonchev–Trinajstić information content (AvgIpc) is 3.66. The third-order valence-electron chi connectivity index (χ3n) is 11.2. The first kappa shape index (κ1) is 23.8. The van der Waals surface area contributed by atoms with Crippen LogP contribution in [0, 0.1) is 41.4 Å². The van der Waals surface area contributed by atoms with E-state index >= 15 is 0 Å². The third-order valence-corrected chi connectivity index (χ3v) is 11.2. The van der Waals surface area contributed by atoms with Gasteiger partial charge in [0.25, 0.3) is 0 Å². The quantitative estimate of drug-likeness (QED) is 0.606. The molecule has 0 aromatic heterocycles. The fourth-order valence-electron chi connectivity index (χ4n) is 9.19. The van der Waals surface area contributed by atoms with E-state index in [0.29, 0.717) is 24.3 Å². The largest absolute Gasteiger partial charge is 0.393 e. The molecule has 5 heteroatoms. The lowest BCUT2D eigenvalue weighted by atomic mass is 9.74. The van der Waals surface area contributed by atoms with Gasteiger partial charge in [-0.1, -0.05) is 55.8 Å². The first-order valence-electron chi connectivity index (χ1n) is 14.7. The Morgan fingerprint density at radius 3 is 2.30 bits per heavy atom. The van der Waals surface area contributed by atoms with E-state index < -0.39 is 6.10 Å². The Labute approximate surface area is 220 Å². The van der Waals surface area contributed by atoms with Crippen molar-refractivity contribution in [3.8, 4) is 0 Å². The SMILES string of the molecule is CC1C(O)C2CC1C1C(=O)N(CC3CCC[C@@H]3CN3CCC(c4cccc5ccccc45)CC3)C(=O)C21. The summed E-state index contributed by atoms with van der Waals surface area (Å²) in [6.07, 6.45) is 6.35. The molecule has 7 rings (SSSR count). The highest BCUT2D eigenvalue weighted by Gasteiger charge is 2.66. The molecule has 8 atom stereocenters. The average molecular weight is 501 g/mol. The Balaban J connectivity index is 0.980. The van der Waals surface area contributed by atoms with Crippen molar-refractivity contribution in [2.75, 3.05) is 26.2 Å². The molecule has 2 amide bonds. The van der Waals surface area contributed by atoms with Crippen molar-refractivity contribution in [2.45, 2.75) is 57.5 Å². The fourth-order valence-corrected chi connectivity index (χ4v) is 9.19. The zero-order valence-electron chi connectivity index (χ0n) is 22.0. The Hall–Kier alpha value is -2.24. The predicted octanol–water partition coefficient (Wildman–Crippen LogP) is 4.68. The number of aliphatic hydroxyl groups excluding tert-OH is 1. The van der Waals surface area contributed by atoms with Crippen LogP contribution in [0.4, 0.5) is 0 Å². The van der Waals surface area contributed by atoms with Crippen molar-refractivity contribution in [1.29, 1.82) is 0 Å². The van der Waals surface area contributed by atoms with Gasteiger partial charge >= 0.3 is 0 Å². The smallest absolute Gasteiger partial charge is 0.233 e. The summed E-state index contributed by atoms with van der Waals surface area (Å²) in [5.74, 6) is 1.60. The normalized spacial score (nSPS) is 38.3. The molecule has 3 aliphatic carbocycles. The van der Waals surface area contributed by atoms with E-state index in [9.17, 15) is 14.7 Å². The maximum atomic E-state index is 13.4. The van der Waals surface area contributed by atoms with Crippen LogP contribution in [-0.2, 0) is 9.59 Å². The van der Waals surface area contributed by atoms with Crippen molar-refractivity contribution >= 4 is 22.6 Å². The lowest BCUT2D eigenvalue weighted by Gasteiger charge is -2.36. The van der Waals surface area contributed by atoms with Gasteiger partial charge in [0.2, 0.25) is 11.8 Å². The Morgan fingerprint density at radius 2 is 1.51 bits per heavy atom. The predicted molar refractivity (Wildman–Crippen MR) is 144 cm³/mol. The number of benzene rings is 2. The van der Waals surface area contributed by atoms with Crippen molar-refractivity contribution in [3.63, 3.8) is 0 Å². The third kappa shape index (κ3) is 3.79. The molecular formula is C32H40N2O3. The highest BCUT2D eigenvalue weighted by Crippen LogP contribution is 2.58. The summed E-state index contributed by atoms with van der Waals surface area (Å²) in [5.41, 5.74) is 1.50. The molecule has 7 unspecified atom stereocenters. The van der Waals surface area contributed by atoms with E-state index in [1.165, 1.54) is 42.0 Å². The number of hydrogen-bond donors (Lipinski definition) is 1. The second kappa shape index (κ2) is 9.20. The van der Waals surface area contributed by atoms with Gasteiger partial charge in [0.15, 0.2) is 0 Å². The first-order chi connectivity index (χ1) is 18.0. The van der Waals surface area contributed by atoms with E-state index in [-0.39, 0.29) is 41.4 Å². The number of nitrogens with zero attached hydrogens (tertiary/aromatic N) is 2. The molecule has 1 N–H and O–H groups in total. The minimum atomic E-state index is -0.418. The Kier molecular flexibility index (Phi) is 5.93. The van der Waals surface area contributed by atoms with Crippen LogP contribution in [0.25, 0.3) is 10.8 Å². The topological polar surface area (TPSA) is 60.9 Å². The van der Waals surface area contributed by atoms with Gasteiger partial charge in [-0.15, -0.1) is 0 Å². The van der Waals surface area contributed by atoms with Gasteiger partial charge < -0.3 is 10.0 Å². The summed E-state index contributed by atoms with van der Waals surface area (Å²) >= 11 is 0. The van der Waals surface area contributed by atoms with Crippen LogP contribution in [0.2, 0.25) is 0 Å². The van der Waals surface area contributed by atoms with Crippen molar-refractivity contribution in [3.05, 3.63) is 48.0 Å². The number of carbonyl (C=O) groups excluding carboxylic acids is 2. The van der Waals surface area contributed by atoms with Gasteiger partial charge in [0, 0.05) is 13.1 Å². The zero-order valence-corrected chi connectivity index (χ0v) is 22.0. The van der Waals surface area contributed by atoms with Gasteiger partial charge in [-0.05, 0) is 97.0 Å². The van der Waals surface area contributed by atoms with Crippen molar-refractivity contribution < 1.29 is 14.7 Å². The number of carbonyl (C=O) groups is 2. The first-order valence-corrected chi connectivity index (χ1v) is 14.7. The van der Waals surface area contributed by atoms with Gasteiger partial charge in [-0.25, -0.2) is 0 Å². The molecule has 3 saturated carbocycles. The number of likely N-dealkylation sites (tertiary alicyclic amines) is 2. The standard InChI is InChI=1S/C32H40N2O3/c1-19-26-16-27(30(19)35)29-28(26)31(36)34(32(29)37)18-23-9-4-8-22(23)17-33-14-12-21(13-15-33)25-11-5-7-20-6-2-3-10-24(20)25/h2-3,5-7,10-11,19,21-23,26-30,35H,4,8-9,12-18H2,1H3/t19?,22-,23?,26?,27?,28?,29?,30?/m1/s1. The molecule has 0 radical (unpaired) electrons. The van der Waals surface area contributed by atoms with E-state index in [0.717, 1.165) is 32.5 Å². The summed E-state index contributed by atoms with van der Waals surface area (Å²) in [6.45, 7) is 6.01.